The average molecular weight is 308 g/mol. The number of hydrogen-bond donors (Lipinski definition) is 1. The van der Waals surface area contributed by atoms with Gasteiger partial charge < -0.3 is 5.11 Å². The Morgan fingerprint density at radius 3 is 2.65 bits per heavy atom. The third-order valence-electron chi connectivity index (χ3n) is 3.52. The van der Waals surface area contributed by atoms with E-state index in [0.717, 1.165) is 5.56 Å². The monoisotopic (exact) mass is 307 g/mol. The van der Waals surface area contributed by atoms with E-state index in [1.54, 1.807) is 30.6 Å². The molecule has 2 rings (SSSR count). The van der Waals surface area contributed by atoms with E-state index < -0.39 is 5.60 Å². The Morgan fingerprint density at radius 1 is 1.35 bits per heavy atom. The second-order valence-electron chi connectivity index (χ2n) is 4.66. The molecule has 0 fully saturated rings. The first kappa shape index (κ1) is 15.0. The normalized spacial score (nSPS) is 15.4. The van der Waals surface area contributed by atoms with E-state index >= 15 is 0 Å². The molecule has 0 aliphatic heterocycles. The molecule has 0 saturated heterocycles. The fourth-order valence-corrected chi connectivity index (χ4v) is 2.81. The lowest BCUT2D eigenvalue weighted by Gasteiger charge is -2.32. The maximum Gasteiger partial charge on any atom is 0.116 e. The first-order valence-electron chi connectivity index (χ1n) is 6.20. The first-order chi connectivity index (χ1) is 9.49. The van der Waals surface area contributed by atoms with E-state index in [2.05, 4.69) is 11.6 Å². The van der Waals surface area contributed by atoms with Gasteiger partial charge in [-0.1, -0.05) is 54.9 Å². The zero-order valence-electron chi connectivity index (χ0n) is 11.1. The van der Waals surface area contributed by atoms with Gasteiger partial charge >= 0.3 is 0 Å². The standard InChI is InChI=1S/C16H15Cl2NO/c1-3-16(20,12-5-4-8-19-10-12)11(2)14-7-6-13(17)9-15(14)18/h3-11,20H,1H2,2H3. The highest BCUT2D eigenvalue weighted by molar-refractivity contribution is 6.35. The van der Waals surface area contributed by atoms with Crippen LogP contribution in [0.4, 0.5) is 0 Å². The van der Waals surface area contributed by atoms with Crippen LogP contribution in [-0.4, -0.2) is 10.1 Å². The highest BCUT2D eigenvalue weighted by Gasteiger charge is 2.34. The minimum Gasteiger partial charge on any atom is -0.380 e. The number of nitrogens with zero attached hydrogens (tertiary/aromatic N) is 1. The maximum absolute atomic E-state index is 11.0. The van der Waals surface area contributed by atoms with Crippen molar-refractivity contribution in [3.8, 4) is 0 Å². The molecule has 2 aromatic rings. The van der Waals surface area contributed by atoms with Crippen LogP contribution in [0, 0.1) is 0 Å². The van der Waals surface area contributed by atoms with Crippen molar-refractivity contribution in [2.45, 2.75) is 18.4 Å². The van der Waals surface area contributed by atoms with E-state index in [-0.39, 0.29) is 5.92 Å². The minimum absolute atomic E-state index is 0.283. The van der Waals surface area contributed by atoms with E-state index in [1.807, 2.05) is 19.1 Å². The third kappa shape index (κ3) is 2.73. The summed E-state index contributed by atoms with van der Waals surface area (Å²) in [4.78, 5) is 4.05. The van der Waals surface area contributed by atoms with Gasteiger partial charge in [0.05, 0.1) is 0 Å². The second-order valence-corrected chi connectivity index (χ2v) is 5.50. The van der Waals surface area contributed by atoms with Gasteiger partial charge in [0, 0.05) is 33.9 Å². The molecule has 4 heteroatoms. The Balaban J connectivity index is 2.48. The Labute approximate surface area is 128 Å². The summed E-state index contributed by atoms with van der Waals surface area (Å²) in [5.41, 5.74) is 0.238. The topological polar surface area (TPSA) is 33.1 Å². The molecule has 0 aliphatic carbocycles. The number of aromatic nitrogens is 1. The fourth-order valence-electron chi connectivity index (χ4n) is 2.23. The fraction of sp³-hybridized carbons (Fsp3) is 0.188. The number of benzene rings is 1. The molecular weight excluding hydrogens is 293 g/mol. The average Bonchev–Trinajstić information content (AvgIpc) is 2.46. The summed E-state index contributed by atoms with van der Waals surface area (Å²) in [6.45, 7) is 5.65. The SMILES string of the molecule is C=CC(O)(c1cccnc1)C(C)c1ccc(Cl)cc1Cl. The number of hydrogen-bond acceptors (Lipinski definition) is 2. The molecule has 1 aromatic heterocycles. The summed E-state index contributed by atoms with van der Waals surface area (Å²) < 4.78 is 0. The summed E-state index contributed by atoms with van der Waals surface area (Å²) in [6, 6.07) is 8.84. The summed E-state index contributed by atoms with van der Waals surface area (Å²) in [5, 5.41) is 12.0. The van der Waals surface area contributed by atoms with Crippen LogP contribution in [0.5, 0.6) is 0 Å². The van der Waals surface area contributed by atoms with Crippen molar-refractivity contribution in [2.75, 3.05) is 0 Å². The zero-order chi connectivity index (χ0) is 14.8. The minimum atomic E-state index is -1.24. The van der Waals surface area contributed by atoms with E-state index in [9.17, 15) is 5.11 Å². The summed E-state index contributed by atoms with van der Waals surface area (Å²) >= 11 is 12.1. The number of halogens is 2. The molecule has 0 amide bonds. The second kappa shape index (κ2) is 5.96. The predicted molar refractivity (Wildman–Crippen MR) is 83.2 cm³/mol. The Morgan fingerprint density at radius 2 is 2.10 bits per heavy atom. The van der Waals surface area contributed by atoms with E-state index in [1.165, 1.54) is 6.08 Å². The van der Waals surface area contributed by atoms with Gasteiger partial charge in [0.25, 0.3) is 0 Å². The summed E-state index contributed by atoms with van der Waals surface area (Å²) in [7, 11) is 0. The largest absolute Gasteiger partial charge is 0.380 e. The van der Waals surface area contributed by atoms with Gasteiger partial charge in [-0.05, 0) is 23.8 Å². The van der Waals surface area contributed by atoms with Crippen molar-refractivity contribution in [2.24, 2.45) is 0 Å². The highest BCUT2D eigenvalue weighted by Crippen LogP contribution is 2.40. The van der Waals surface area contributed by atoms with Crippen molar-refractivity contribution < 1.29 is 5.11 Å². The highest BCUT2D eigenvalue weighted by atomic mass is 35.5. The van der Waals surface area contributed by atoms with Crippen LogP contribution in [0.1, 0.15) is 24.0 Å². The van der Waals surface area contributed by atoms with E-state index in [0.29, 0.717) is 15.6 Å². The summed E-state index contributed by atoms with van der Waals surface area (Å²) in [6.07, 6.45) is 4.80. The molecule has 0 spiro atoms. The summed E-state index contributed by atoms with van der Waals surface area (Å²) in [5.74, 6) is -0.283. The van der Waals surface area contributed by atoms with Gasteiger partial charge in [0.1, 0.15) is 5.60 Å². The van der Waals surface area contributed by atoms with Crippen molar-refractivity contribution in [1.29, 1.82) is 0 Å². The molecule has 0 bridgehead atoms. The molecule has 2 atom stereocenters. The molecule has 0 radical (unpaired) electrons. The number of pyridine rings is 1. The van der Waals surface area contributed by atoms with Crippen LogP contribution in [0.25, 0.3) is 0 Å². The molecule has 2 unspecified atom stereocenters. The molecule has 20 heavy (non-hydrogen) atoms. The van der Waals surface area contributed by atoms with Crippen LogP contribution in [-0.2, 0) is 5.60 Å². The Kier molecular flexibility index (Phi) is 4.48. The van der Waals surface area contributed by atoms with Crippen molar-refractivity contribution in [3.05, 3.63) is 76.6 Å². The first-order valence-corrected chi connectivity index (χ1v) is 6.96. The number of aliphatic hydroxyl groups is 1. The third-order valence-corrected chi connectivity index (χ3v) is 4.09. The van der Waals surface area contributed by atoms with Crippen LogP contribution in [0.2, 0.25) is 10.0 Å². The number of rotatable bonds is 4. The van der Waals surface area contributed by atoms with Crippen molar-refractivity contribution in [3.63, 3.8) is 0 Å². The van der Waals surface area contributed by atoms with Gasteiger partial charge in [-0.25, -0.2) is 0 Å². The molecule has 0 aliphatic rings. The Bertz CT molecular complexity index is 615. The quantitative estimate of drug-likeness (QED) is 0.840. The molecule has 2 nitrogen and oxygen atoms in total. The smallest absolute Gasteiger partial charge is 0.116 e. The lowest BCUT2D eigenvalue weighted by Crippen LogP contribution is -2.30. The lowest BCUT2D eigenvalue weighted by molar-refractivity contribution is 0.0639. The van der Waals surface area contributed by atoms with Crippen LogP contribution in [0.3, 0.4) is 0 Å². The molecular formula is C16H15Cl2NO. The lowest BCUT2D eigenvalue weighted by atomic mass is 9.79. The van der Waals surface area contributed by atoms with Crippen LogP contribution >= 0.6 is 23.2 Å². The molecule has 1 heterocycles. The molecule has 0 saturated carbocycles. The van der Waals surface area contributed by atoms with Crippen LogP contribution in [0.15, 0.2) is 55.4 Å². The van der Waals surface area contributed by atoms with Crippen molar-refractivity contribution >= 4 is 23.2 Å². The molecule has 1 N–H and O–H groups in total. The van der Waals surface area contributed by atoms with Gasteiger partial charge in [-0.15, -0.1) is 0 Å². The molecule has 104 valence electrons. The van der Waals surface area contributed by atoms with Gasteiger partial charge in [0.2, 0.25) is 0 Å². The van der Waals surface area contributed by atoms with Gasteiger partial charge in [-0.2, -0.15) is 0 Å². The van der Waals surface area contributed by atoms with Gasteiger partial charge in [-0.3, -0.25) is 4.98 Å². The van der Waals surface area contributed by atoms with Crippen molar-refractivity contribution in [1.82, 2.24) is 4.98 Å². The van der Waals surface area contributed by atoms with Crippen LogP contribution < -0.4 is 0 Å². The van der Waals surface area contributed by atoms with E-state index in [4.69, 9.17) is 23.2 Å². The molecule has 1 aromatic carbocycles. The maximum atomic E-state index is 11.0. The zero-order valence-corrected chi connectivity index (χ0v) is 12.6. The van der Waals surface area contributed by atoms with Gasteiger partial charge in [0.15, 0.2) is 0 Å². The Hall–Kier alpha value is -1.35. The predicted octanol–water partition coefficient (Wildman–Crippen LogP) is 4.57.